The van der Waals surface area contributed by atoms with Crippen molar-refractivity contribution < 1.29 is 0 Å². The van der Waals surface area contributed by atoms with Gasteiger partial charge in [-0.1, -0.05) is 18.2 Å². The van der Waals surface area contributed by atoms with Gasteiger partial charge in [0, 0.05) is 29.1 Å². The summed E-state index contributed by atoms with van der Waals surface area (Å²) in [7, 11) is 0. The molecule has 0 aliphatic carbocycles. The molecule has 1 aromatic carbocycles. The van der Waals surface area contributed by atoms with Gasteiger partial charge in [-0.15, -0.1) is 10.2 Å². The van der Waals surface area contributed by atoms with Crippen LogP contribution in [0.2, 0.25) is 0 Å². The van der Waals surface area contributed by atoms with E-state index in [-0.39, 0.29) is 6.17 Å². The van der Waals surface area contributed by atoms with Crippen molar-refractivity contribution in [3.8, 4) is 0 Å². The first-order chi connectivity index (χ1) is 7.42. The standard InChI is InChI=1S/C10H8N5/c1-2-4-9-7(3-1)5-8(11-9)6-10-12-14-15-13-10/h1-4,10-11H,6H2. The minimum Gasteiger partial charge on any atom is -0.358 e. The molecule has 0 bridgehead atoms. The number of benzene rings is 1. The van der Waals surface area contributed by atoms with Gasteiger partial charge in [-0.25, -0.2) is 0 Å². The van der Waals surface area contributed by atoms with Crippen molar-refractivity contribution in [2.24, 2.45) is 20.7 Å². The first-order valence-electron chi connectivity index (χ1n) is 4.71. The third-order valence-electron chi connectivity index (χ3n) is 2.29. The molecule has 3 rings (SSSR count). The Kier molecular flexibility index (Phi) is 1.81. The lowest BCUT2D eigenvalue weighted by Gasteiger charge is -1.96. The van der Waals surface area contributed by atoms with Crippen LogP contribution in [0.25, 0.3) is 10.9 Å². The Morgan fingerprint density at radius 1 is 1.20 bits per heavy atom. The van der Waals surface area contributed by atoms with Gasteiger partial charge >= 0.3 is 0 Å². The van der Waals surface area contributed by atoms with Gasteiger partial charge < -0.3 is 4.98 Å². The average molecular weight is 198 g/mol. The summed E-state index contributed by atoms with van der Waals surface area (Å²) < 4.78 is 0. The van der Waals surface area contributed by atoms with Crippen molar-refractivity contribution in [2.75, 3.05) is 0 Å². The van der Waals surface area contributed by atoms with Crippen LogP contribution >= 0.6 is 0 Å². The highest BCUT2D eigenvalue weighted by molar-refractivity contribution is 5.79. The summed E-state index contributed by atoms with van der Waals surface area (Å²) in [6.07, 6.45) is 0.483. The Morgan fingerprint density at radius 2 is 2.00 bits per heavy atom. The molecule has 0 saturated carbocycles. The van der Waals surface area contributed by atoms with Gasteiger partial charge in [0.05, 0.1) is 0 Å². The van der Waals surface area contributed by atoms with Crippen LogP contribution in [0, 0.1) is 6.07 Å². The Bertz CT molecular complexity index is 494. The molecule has 2 aromatic rings. The average Bonchev–Trinajstić information content (AvgIpc) is 2.86. The van der Waals surface area contributed by atoms with Crippen LogP contribution in [-0.2, 0) is 6.42 Å². The second-order valence-electron chi connectivity index (χ2n) is 3.37. The lowest BCUT2D eigenvalue weighted by atomic mass is 10.2. The minimum atomic E-state index is -0.186. The second-order valence-corrected chi connectivity index (χ2v) is 3.37. The maximum atomic E-state index is 3.85. The van der Waals surface area contributed by atoms with Gasteiger partial charge in [-0.3, -0.25) is 0 Å². The molecule has 5 nitrogen and oxygen atoms in total. The molecule has 0 amide bonds. The number of rotatable bonds is 2. The zero-order chi connectivity index (χ0) is 10.1. The predicted molar refractivity (Wildman–Crippen MR) is 54.3 cm³/mol. The molecule has 1 radical (unpaired) electrons. The molecule has 2 heterocycles. The van der Waals surface area contributed by atoms with Gasteiger partial charge in [0.2, 0.25) is 0 Å². The zero-order valence-electron chi connectivity index (χ0n) is 7.88. The highest BCUT2D eigenvalue weighted by Crippen LogP contribution is 2.17. The van der Waals surface area contributed by atoms with E-state index in [2.05, 4.69) is 31.7 Å². The van der Waals surface area contributed by atoms with Crippen LogP contribution in [-0.4, -0.2) is 11.1 Å². The molecule has 15 heavy (non-hydrogen) atoms. The van der Waals surface area contributed by atoms with E-state index < -0.39 is 0 Å². The van der Waals surface area contributed by atoms with E-state index in [4.69, 9.17) is 0 Å². The zero-order valence-corrected chi connectivity index (χ0v) is 7.88. The monoisotopic (exact) mass is 198 g/mol. The lowest BCUT2D eigenvalue weighted by molar-refractivity contribution is 0.688. The highest BCUT2D eigenvalue weighted by Gasteiger charge is 2.12. The van der Waals surface area contributed by atoms with Crippen molar-refractivity contribution in [1.29, 1.82) is 0 Å². The topological polar surface area (TPSA) is 65.2 Å². The SMILES string of the molecule is [c]1c(CC2N=NN=N2)[nH]c2ccccc12. The minimum absolute atomic E-state index is 0.186. The Morgan fingerprint density at radius 3 is 2.80 bits per heavy atom. The number of hydrogen-bond acceptors (Lipinski definition) is 4. The van der Waals surface area contributed by atoms with E-state index >= 15 is 0 Å². The summed E-state index contributed by atoms with van der Waals surface area (Å²) in [6, 6.07) is 11.3. The van der Waals surface area contributed by atoms with Crippen molar-refractivity contribution in [3.63, 3.8) is 0 Å². The number of aromatic amines is 1. The molecule has 1 aliphatic heterocycles. The van der Waals surface area contributed by atoms with Gasteiger partial charge in [0.15, 0.2) is 6.17 Å². The predicted octanol–water partition coefficient (Wildman–Crippen LogP) is 2.67. The molecular formula is C10H8N5. The molecule has 0 saturated heterocycles. The van der Waals surface area contributed by atoms with E-state index in [1.807, 2.05) is 24.3 Å². The van der Waals surface area contributed by atoms with E-state index in [1.165, 1.54) is 0 Å². The van der Waals surface area contributed by atoms with Crippen molar-refractivity contribution in [1.82, 2.24) is 4.98 Å². The molecule has 5 heteroatoms. The van der Waals surface area contributed by atoms with E-state index in [0.29, 0.717) is 6.42 Å². The summed E-state index contributed by atoms with van der Waals surface area (Å²) >= 11 is 0. The fourth-order valence-corrected chi connectivity index (χ4v) is 1.61. The fraction of sp³-hybridized carbons (Fsp3) is 0.200. The van der Waals surface area contributed by atoms with Gasteiger partial charge in [-0.05, 0) is 16.5 Å². The number of aromatic nitrogens is 1. The lowest BCUT2D eigenvalue weighted by Crippen LogP contribution is -2.01. The van der Waals surface area contributed by atoms with Gasteiger partial charge in [0.1, 0.15) is 0 Å². The van der Waals surface area contributed by atoms with Gasteiger partial charge in [-0.2, -0.15) is 0 Å². The first-order valence-corrected chi connectivity index (χ1v) is 4.71. The van der Waals surface area contributed by atoms with Crippen molar-refractivity contribution in [2.45, 2.75) is 12.6 Å². The maximum absolute atomic E-state index is 3.85. The number of H-pyrrole nitrogens is 1. The fourth-order valence-electron chi connectivity index (χ4n) is 1.61. The highest BCUT2D eigenvalue weighted by atomic mass is 15.6. The van der Waals surface area contributed by atoms with E-state index in [1.54, 1.807) is 0 Å². The third-order valence-corrected chi connectivity index (χ3v) is 2.29. The molecular weight excluding hydrogens is 190 g/mol. The molecule has 1 aromatic heterocycles. The molecule has 73 valence electrons. The van der Waals surface area contributed by atoms with Crippen molar-refractivity contribution in [3.05, 3.63) is 36.0 Å². The molecule has 1 N–H and O–H groups in total. The molecule has 0 atom stereocenters. The van der Waals surface area contributed by atoms with Crippen LogP contribution in [0.15, 0.2) is 44.9 Å². The van der Waals surface area contributed by atoms with Crippen molar-refractivity contribution >= 4 is 10.9 Å². The quantitative estimate of drug-likeness (QED) is 0.771. The van der Waals surface area contributed by atoms with E-state index in [9.17, 15) is 0 Å². The summed E-state index contributed by atoms with van der Waals surface area (Å²) in [4.78, 5) is 3.26. The Hall–Kier alpha value is -2.04. The number of para-hydroxylation sites is 1. The molecule has 0 unspecified atom stereocenters. The third kappa shape index (κ3) is 1.52. The summed E-state index contributed by atoms with van der Waals surface area (Å²) in [5.41, 5.74) is 2.07. The van der Waals surface area contributed by atoms with Gasteiger partial charge in [0.25, 0.3) is 0 Å². The van der Waals surface area contributed by atoms with Crippen LogP contribution in [0.3, 0.4) is 0 Å². The maximum Gasteiger partial charge on any atom is 0.190 e. The van der Waals surface area contributed by atoms with Crippen LogP contribution in [0.1, 0.15) is 5.69 Å². The normalized spacial score (nSPS) is 15.5. The van der Waals surface area contributed by atoms with E-state index in [0.717, 1.165) is 16.6 Å². The Balaban J connectivity index is 1.91. The van der Waals surface area contributed by atoms with Crippen LogP contribution in [0.4, 0.5) is 0 Å². The second kappa shape index (κ2) is 3.27. The largest absolute Gasteiger partial charge is 0.358 e. The van der Waals surface area contributed by atoms with Crippen LogP contribution < -0.4 is 0 Å². The van der Waals surface area contributed by atoms with Crippen LogP contribution in [0.5, 0.6) is 0 Å². The Labute approximate surface area is 85.9 Å². The smallest absolute Gasteiger partial charge is 0.190 e. The molecule has 0 spiro atoms. The first kappa shape index (κ1) is 8.28. The molecule has 1 aliphatic rings. The summed E-state index contributed by atoms with van der Waals surface area (Å²) in [5, 5.41) is 15.7. The number of nitrogens with zero attached hydrogens (tertiary/aromatic N) is 4. The number of fused-ring (bicyclic) bond motifs is 1. The summed E-state index contributed by atoms with van der Waals surface area (Å²) in [5.74, 6) is 0. The molecule has 0 fully saturated rings. The number of hydrogen-bond donors (Lipinski definition) is 1. The number of nitrogens with one attached hydrogen (secondary N) is 1. The summed E-state index contributed by atoms with van der Waals surface area (Å²) in [6.45, 7) is 0.